The van der Waals surface area contributed by atoms with Gasteiger partial charge in [-0.3, -0.25) is 9.59 Å². The molecule has 0 heterocycles. The van der Waals surface area contributed by atoms with Crippen molar-refractivity contribution in [3.63, 3.8) is 0 Å². The fourth-order valence-electron chi connectivity index (χ4n) is 3.08. The Morgan fingerprint density at radius 2 is 1.86 bits per heavy atom. The Bertz CT molecular complexity index is 698. The highest BCUT2D eigenvalue weighted by atomic mass is 16.5. The lowest BCUT2D eigenvalue weighted by Crippen LogP contribution is -2.46. The van der Waals surface area contributed by atoms with Crippen LogP contribution in [0.4, 0.5) is 0 Å². The van der Waals surface area contributed by atoms with Crippen molar-refractivity contribution in [2.45, 2.75) is 52.0 Å². The van der Waals surface area contributed by atoms with Crippen molar-refractivity contribution in [2.75, 3.05) is 13.2 Å². The molecule has 0 fully saturated rings. The number of hydrogen-bond acceptors (Lipinski definition) is 4. The predicted molar refractivity (Wildman–Crippen MR) is 108 cm³/mol. The van der Waals surface area contributed by atoms with E-state index in [1.165, 1.54) is 18.4 Å². The van der Waals surface area contributed by atoms with Crippen LogP contribution in [-0.2, 0) is 14.3 Å². The fourth-order valence-corrected chi connectivity index (χ4v) is 3.08. The van der Waals surface area contributed by atoms with Crippen molar-refractivity contribution in [2.24, 2.45) is 5.92 Å². The smallest absolute Gasteiger partial charge is 0.329 e. The number of esters is 1. The highest BCUT2D eigenvalue weighted by molar-refractivity contribution is 5.97. The van der Waals surface area contributed by atoms with Gasteiger partial charge < -0.3 is 15.4 Å². The van der Waals surface area contributed by atoms with E-state index in [0.29, 0.717) is 12.1 Å². The van der Waals surface area contributed by atoms with Gasteiger partial charge in [0.25, 0.3) is 11.8 Å². The van der Waals surface area contributed by atoms with E-state index in [-0.39, 0.29) is 24.3 Å². The van der Waals surface area contributed by atoms with Crippen LogP contribution in [0.5, 0.6) is 0 Å². The molecule has 1 aromatic rings. The quantitative estimate of drug-likeness (QED) is 0.505. The largest absolute Gasteiger partial charge is 0.454 e. The molecular weight excluding hydrogens is 356 g/mol. The SMILES string of the molecule is CC(C)C(NC(=O)c1ccccc1)C(=O)OCC(=O)NCCC1=CCCCC1. The standard InChI is InChI=1S/C22H30N2O4/c1-16(2)20(24-21(26)18-11-7-4-8-12-18)22(27)28-15-19(25)23-14-13-17-9-5-3-6-10-17/h4,7-9,11-12,16,20H,3,5-6,10,13-15H2,1-2H3,(H,23,25)(H,24,26). The summed E-state index contributed by atoms with van der Waals surface area (Å²) in [5, 5.41) is 5.47. The van der Waals surface area contributed by atoms with Gasteiger partial charge in [-0.2, -0.15) is 0 Å². The molecule has 0 bridgehead atoms. The number of carbonyl (C=O) groups is 3. The third-order valence-electron chi connectivity index (χ3n) is 4.74. The van der Waals surface area contributed by atoms with Gasteiger partial charge in [0.05, 0.1) is 0 Å². The summed E-state index contributed by atoms with van der Waals surface area (Å²) in [6.45, 7) is 3.83. The number of allylic oxidation sites excluding steroid dienone is 1. The van der Waals surface area contributed by atoms with Crippen molar-refractivity contribution in [1.29, 1.82) is 0 Å². The summed E-state index contributed by atoms with van der Waals surface area (Å²) in [6.07, 6.45) is 7.75. The van der Waals surface area contributed by atoms with Gasteiger partial charge in [-0.05, 0) is 50.2 Å². The molecule has 1 aliphatic carbocycles. The lowest BCUT2D eigenvalue weighted by atomic mass is 9.97. The van der Waals surface area contributed by atoms with Crippen molar-refractivity contribution in [3.05, 3.63) is 47.5 Å². The minimum atomic E-state index is -0.812. The maximum atomic E-state index is 12.4. The predicted octanol–water partition coefficient (Wildman–Crippen LogP) is 2.99. The van der Waals surface area contributed by atoms with E-state index in [0.717, 1.165) is 19.3 Å². The molecule has 2 rings (SSSR count). The molecule has 2 N–H and O–H groups in total. The molecule has 2 amide bonds. The summed E-state index contributed by atoms with van der Waals surface area (Å²) in [5.41, 5.74) is 1.85. The van der Waals surface area contributed by atoms with Crippen molar-refractivity contribution >= 4 is 17.8 Å². The molecule has 0 radical (unpaired) electrons. The van der Waals surface area contributed by atoms with Gasteiger partial charge in [0.2, 0.25) is 0 Å². The summed E-state index contributed by atoms with van der Waals surface area (Å²) >= 11 is 0. The van der Waals surface area contributed by atoms with Crippen LogP contribution in [0.2, 0.25) is 0 Å². The molecule has 6 heteroatoms. The van der Waals surface area contributed by atoms with Gasteiger partial charge in [-0.15, -0.1) is 0 Å². The number of carbonyl (C=O) groups excluding carboxylic acids is 3. The third-order valence-corrected chi connectivity index (χ3v) is 4.74. The molecule has 0 saturated heterocycles. The molecule has 152 valence electrons. The molecule has 0 saturated carbocycles. The molecular formula is C22H30N2O4. The first-order valence-electron chi connectivity index (χ1n) is 9.94. The first-order chi connectivity index (χ1) is 13.5. The van der Waals surface area contributed by atoms with Crippen LogP contribution in [0.15, 0.2) is 42.0 Å². The van der Waals surface area contributed by atoms with E-state index in [4.69, 9.17) is 4.74 Å². The highest BCUT2D eigenvalue weighted by Gasteiger charge is 2.26. The normalized spacial score (nSPS) is 14.8. The Hall–Kier alpha value is -2.63. The Balaban J connectivity index is 1.75. The first kappa shape index (κ1) is 21.7. The summed E-state index contributed by atoms with van der Waals surface area (Å²) in [5.74, 6) is -1.45. The second-order valence-electron chi connectivity index (χ2n) is 7.38. The number of benzene rings is 1. The van der Waals surface area contributed by atoms with Crippen LogP contribution in [0.25, 0.3) is 0 Å². The van der Waals surface area contributed by atoms with Crippen molar-refractivity contribution < 1.29 is 19.1 Å². The molecule has 1 aliphatic rings. The zero-order valence-electron chi connectivity index (χ0n) is 16.7. The lowest BCUT2D eigenvalue weighted by molar-refractivity contribution is -0.151. The van der Waals surface area contributed by atoms with E-state index in [9.17, 15) is 14.4 Å². The Morgan fingerprint density at radius 1 is 1.11 bits per heavy atom. The number of ether oxygens (including phenoxy) is 1. The minimum absolute atomic E-state index is 0.165. The molecule has 6 nitrogen and oxygen atoms in total. The lowest BCUT2D eigenvalue weighted by Gasteiger charge is -2.21. The van der Waals surface area contributed by atoms with Gasteiger partial charge in [-0.1, -0.05) is 43.7 Å². The van der Waals surface area contributed by atoms with Gasteiger partial charge in [0.15, 0.2) is 6.61 Å². The van der Waals surface area contributed by atoms with Gasteiger partial charge in [0.1, 0.15) is 6.04 Å². The van der Waals surface area contributed by atoms with Crippen LogP contribution in [0.1, 0.15) is 56.3 Å². The number of rotatable bonds is 9. The van der Waals surface area contributed by atoms with E-state index in [2.05, 4.69) is 16.7 Å². The van der Waals surface area contributed by atoms with E-state index in [1.54, 1.807) is 24.3 Å². The molecule has 1 atom stereocenters. The number of hydrogen-bond donors (Lipinski definition) is 2. The fraction of sp³-hybridized carbons (Fsp3) is 0.500. The maximum absolute atomic E-state index is 12.4. The van der Waals surface area contributed by atoms with Crippen LogP contribution in [0, 0.1) is 5.92 Å². The maximum Gasteiger partial charge on any atom is 0.329 e. The monoisotopic (exact) mass is 386 g/mol. The van der Waals surface area contributed by atoms with E-state index in [1.807, 2.05) is 19.9 Å². The van der Waals surface area contributed by atoms with Crippen molar-refractivity contribution in [1.82, 2.24) is 10.6 Å². The van der Waals surface area contributed by atoms with Gasteiger partial charge >= 0.3 is 5.97 Å². The molecule has 1 unspecified atom stereocenters. The molecule has 28 heavy (non-hydrogen) atoms. The summed E-state index contributed by atoms with van der Waals surface area (Å²) in [4.78, 5) is 36.6. The second kappa shape index (κ2) is 11.3. The van der Waals surface area contributed by atoms with Gasteiger partial charge in [-0.25, -0.2) is 4.79 Å². The molecule has 1 aromatic carbocycles. The van der Waals surface area contributed by atoms with Crippen LogP contribution in [0.3, 0.4) is 0 Å². The minimum Gasteiger partial charge on any atom is -0.454 e. The number of amides is 2. The summed E-state index contributed by atoms with van der Waals surface area (Å²) < 4.78 is 5.13. The van der Waals surface area contributed by atoms with Crippen molar-refractivity contribution in [3.8, 4) is 0 Å². The average Bonchev–Trinajstić information content (AvgIpc) is 2.71. The molecule has 0 aromatic heterocycles. The van der Waals surface area contributed by atoms with Crippen LogP contribution < -0.4 is 10.6 Å². The number of nitrogens with one attached hydrogen (secondary N) is 2. The molecule has 0 aliphatic heterocycles. The first-order valence-corrected chi connectivity index (χ1v) is 9.94. The third kappa shape index (κ3) is 7.18. The Morgan fingerprint density at radius 3 is 2.50 bits per heavy atom. The molecule has 0 spiro atoms. The average molecular weight is 386 g/mol. The van der Waals surface area contributed by atoms with E-state index >= 15 is 0 Å². The van der Waals surface area contributed by atoms with Crippen LogP contribution in [-0.4, -0.2) is 37.0 Å². The zero-order valence-corrected chi connectivity index (χ0v) is 16.7. The Kier molecular flexibility index (Phi) is 8.72. The second-order valence-corrected chi connectivity index (χ2v) is 7.38. The topological polar surface area (TPSA) is 84.5 Å². The van der Waals surface area contributed by atoms with Gasteiger partial charge in [0, 0.05) is 12.1 Å². The summed E-state index contributed by atoms with van der Waals surface area (Å²) in [7, 11) is 0. The Labute approximate surface area is 166 Å². The van der Waals surface area contributed by atoms with Crippen LogP contribution >= 0.6 is 0 Å². The highest BCUT2D eigenvalue weighted by Crippen LogP contribution is 2.19. The van der Waals surface area contributed by atoms with E-state index < -0.39 is 12.0 Å². The zero-order chi connectivity index (χ0) is 20.4. The summed E-state index contributed by atoms with van der Waals surface area (Å²) in [6, 6.07) is 7.86.